The number of unbranched alkanes of at least 4 members (excludes halogenated alkanes) is 2. The van der Waals surface area contributed by atoms with E-state index in [-0.39, 0.29) is 24.0 Å². The van der Waals surface area contributed by atoms with Crippen LogP contribution in [0, 0.1) is 10.1 Å². The fourth-order valence-electron chi connectivity index (χ4n) is 6.25. The summed E-state index contributed by atoms with van der Waals surface area (Å²) in [6.07, 6.45) is 5.88. The molecule has 1 N–H and O–H groups in total. The molecule has 1 aromatic heterocycles. The molecule has 0 spiro atoms. The summed E-state index contributed by atoms with van der Waals surface area (Å²) in [7, 11) is 0. The number of nitro benzene ring substituents is 1. The number of carbonyl (C=O) groups is 2. The van der Waals surface area contributed by atoms with Gasteiger partial charge in [0, 0.05) is 41.7 Å². The van der Waals surface area contributed by atoms with Crippen molar-refractivity contribution in [3.05, 3.63) is 75.5 Å². The highest BCUT2D eigenvalue weighted by atomic mass is 16.6. The number of non-ortho nitro benzene ring substituents is 1. The second kappa shape index (κ2) is 12.2. The van der Waals surface area contributed by atoms with Gasteiger partial charge in [0.05, 0.1) is 17.5 Å². The number of nitrogens with one attached hydrogen (secondary N) is 1. The van der Waals surface area contributed by atoms with Crippen LogP contribution in [0.25, 0.3) is 10.9 Å². The Labute approximate surface area is 235 Å². The van der Waals surface area contributed by atoms with E-state index in [1.54, 1.807) is 21.9 Å². The Morgan fingerprint density at radius 3 is 2.45 bits per heavy atom. The van der Waals surface area contributed by atoms with E-state index >= 15 is 0 Å². The number of carbonyl (C=O) groups excluding carboxylic acids is 2. The fourth-order valence-corrected chi connectivity index (χ4v) is 6.25. The number of amides is 2. The highest BCUT2D eigenvalue weighted by Crippen LogP contribution is 2.43. The lowest BCUT2D eigenvalue weighted by Gasteiger charge is -2.47. The molecule has 0 saturated carbocycles. The number of para-hydroxylation sites is 1. The van der Waals surface area contributed by atoms with E-state index in [1.165, 1.54) is 12.1 Å². The predicted octanol–water partition coefficient (Wildman–Crippen LogP) is 5.05. The van der Waals surface area contributed by atoms with E-state index in [4.69, 9.17) is 0 Å². The van der Waals surface area contributed by atoms with Gasteiger partial charge >= 0.3 is 0 Å². The molecule has 3 heterocycles. The third kappa shape index (κ3) is 5.47. The van der Waals surface area contributed by atoms with Gasteiger partial charge in [0.1, 0.15) is 6.04 Å². The normalized spacial score (nSPS) is 18.9. The number of piperazine rings is 1. The number of nitrogens with zero attached hydrogens (tertiary/aromatic N) is 4. The van der Waals surface area contributed by atoms with Crippen LogP contribution in [0.2, 0.25) is 0 Å². The number of aromatic nitrogens is 1. The summed E-state index contributed by atoms with van der Waals surface area (Å²) in [6.45, 7) is 8.02. The van der Waals surface area contributed by atoms with Gasteiger partial charge < -0.3 is 19.7 Å². The van der Waals surface area contributed by atoms with Gasteiger partial charge in [0.15, 0.2) is 0 Å². The number of rotatable bonds is 12. The largest absolute Gasteiger partial charge is 0.356 e. The zero-order valence-electron chi connectivity index (χ0n) is 23.5. The molecule has 0 aliphatic carbocycles. The molecule has 3 aromatic rings. The maximum atomic E-state index is 13.9. The van der Waals surface area contributed by atoms with Crippen LogP contribution in [-0.4, -0.2) is 75.2 Å². The average Bonchev–Trinajstić information content (AvgIpc) is 3.34. The van der Waals surface area contributed by atoms with Gasteiger partial charge in [-0.15, -0.1) is 0 Å². The minimum absolute atomic E-state index is 0.0280. The zero-order chi connectivity index (χ0) is 28.2. The Morgan fingerprint density at radius 1 is 1.00 bits per heavy atom. The number of H-pyrrole nitrogens is 1. The van der Waals surface area contributed by atoms with Gasteiger partial charge in [0.25, 0.3) is 5.69 Å². The SMILES string of the molecule is CCCCN(CCCC)CCCN1CC(=O)N2[C@H](c3cccc([N+](=O)[O-])c3)c3[nH]c4ccccc4c3C[C@@H]2C1=O. The topological polar surface area (TPSA) is 103 Å². The summed E-state index contributed by atoms with van der Waals surface area (Å²) in [4.78, 5) is 48.2. The van der Waals surface area contributed by atoms with Crippen LogP contribution in [0.15, 0.2) is 48.5 Å². The summed E-state index contributed by atoms with van der Waals surface area (Å²) in [5, 5.41) is 12.6. The van der Waals surface area contributed by atoms with E-state index in [0.717, 1.165) is 73.9 Å². The number of nitro groups is 1. The third-order valence-electron chi connectivity index (χ3n) is 8.30. The van der Waals surface area contributed by atoms with E-state index in [9.17, 15) is 19.7 Å². The van der Waals surface area contributed by atoms with E-state index < -0.39 is 17.0 Å². The number of benzene rings is 2. The van der Waals surface area contributed by atoms with Crippen LogP contribution in [0.1, 0.15) is 68.8 Å². The van der Waals surface area contributed by atoms with Crippen molar-refractivity contribution in [1.29, 1.82) is 0 Å². The molecule has 0 bridgehead atoms. The lowest BCUT2D eigenvalue weighted by Crippen LogP contribution is -2.63. The molecule has 0 unspecified atom stereocenters. The minimum Gasteiger partial charge on any atom is -0.356 e. The number of hydrogen-bond donors (Lipinski definition) is 1. The van der Waals surface area contributed by atoms with Crippen LogP contribution >= 0.6 is 0 Å². The standard InChI is InChI=1S/C31H39N5O4/c1-3-5-15-33(16-6-4-2)17-10-18-34-21-28(37)35-27(31(34)38)20-25-24-13-7-8-14-26(24)32-29(25)30(35)22-11-9-12-23(19-22)36(39)40/h7-9,11-14,19,27,30,32H,3-6,10,15-18,20-21H2,1-2H3/t27-,30-/m1/s1. The zero-order valence-corrected chi connectivity index (χ0v) is 23.5. The molecule has 2 amide bonds. The van der Waals surface area contributed by atoms with Gasteiger partial charge in [0.2, 0.25) is 11.8 Å². The van der Waals surface area contributed by atoms with Crippen molar-refractivity contribution in [3.63, 3.8) is 0 Å². The van der Waals surface area contributed by atoms with Crippen molar-refractivity contribution >= 4 is 28.4 Å². The van der Waals surface area contributed by atoms with Crippen LogP contribution in [-0.2, 0) is 16.0 Å². The molecular weight excluding hydrogens is 506 g/mol. The highest BCUT2D eigenvalue weighted by Gasteiger charge is 2.48. The molecule has 0 radical (unpaired) electrons. The van der Waals surface area contributed by atoms with Gasteiger partial charge in [-0.25, -0.2) is 0 Å². The first-order valence-electron chi connectivity index (χ1n) is 14.6. The first-order chi connectivity index (χ1) is 19.4. The lowest BCUT2D eigenvalue weighted by molar-refractivity contribution is -0.384. The summed E-state index contributed by atoms with van der Waals surface area (Å²) in [5.41, 5.74) is 3.35. The quantitative estimate of drug-likeness (QED) is 0.253. The van der Waals surface area contributed by atoms with Crippen LogP contribution in [0.4, 0.5) is 5.69 Å². The van der Waals surface area contributed by atoms with Gasteiger partial charge in [-0.05, 0) is 56.1 Å². The smallest absolute Gasteiger partial charge is 0.269 e. The van der Waals surface area contributed by atoms with Crippen molar-refractivity contribution in [2.45, 2.75) is 64.5 Å². The number of fused-ring (bicyclic) bond motifs is 4. The molecule has 5 rings (SSSR count). The Bertz CT molecular complexity index is 1380. The van der Waals surface area contributed by atoms with Gasteiger partial charge in [-0.3, -0.25) is 19.7 Å². The second-order valence-corrected chi connectivity index (χ2v) is 11.0. The van der Waals surface area contributed by atoms with Crippen molar-refractivity contribution < 1.29 is 14.5 Å². The molecule has 2 aliphatic heterocycles. The second-order valence-electron chi connectivity index (χ2n) is 11.0. The molecule has 1 fully saturated rings. The van der Waals surface area contributed by atoms with Crippen molar-refractivity contribution in [2.75, 3.05) is 32.7 Å². The molecule has 2 aliphatic rings. The molecular formula is C31H39N5O4. The molecule has 9 nitrogen and oxygen atoms in total. The van der Waals surface area contributed by atoms with Crippen molar-refractivity contribution in [2.24, 2.45) is 0 Å². The Hall–Kier alpha value is -3.72. The molecule has 212 valence electrons. The van der Waals surface area contributed by atoms with Crippen molar-refractivity contribution in [3.8, 4) is 0 Å². The molecule has 40 heavy (non-hydrogen) atoms. The highest BCUT2D eigenvalue weighted by molar-refractivity contribution is 5.97. The first kappa shape index (κ1) is 27.8. The number of hydrogen-bond acceptors (Lipinski definition) is 5. The summed E-state index contributed by atoms with van der Waals surface area (Å²) >= 11 is 0. The molecule has 2 atom stereocenters. The van der Waals surface area contributed by atoms with Crippen LogP contribution in [0.5, 0.6) is 0 Å². The summed E-state index contributed by atoms with van der Waals surface area (Å²) in [5.74, 6) is -0.168. The monoisotopic (exact) mass is 545 g/mol. The molecule has 2 aromatic carbocycles. The fraction of sp³-hybridized carbons (Fsp3) is 0.484. The Morgan fingerprint density at radius 2 is 1.73 bits per heavy atom. The van der Waals surface area contributed by atoms with Gasteiger partial charge in [-0.2, -0.15) is 0 Å². The van der Waals surface area contributed by atoms with Gasteiger partial charge in [-0.1, -0.05) is 57.0 Å². The Kier molecular flexibility index (Phi) is 8.49. The van der Waals surface area contributed by atoms with Crippen LogP contribution in [0.3, 0.4) is 0 Å². The maximum absolute atomic E-state index is 13.9. The minimum atomic E-state index is -0.645. The van der Waals surface area contributed by atoms with Crippen LogP contribution < -0.4 is 0 Å². The lowest BCUT2D eigenvalue weighted by atomic mass is 9.86. The van der Waals surface area contributed by atoms with E-state index in [1.807, 2.05) is 24.3 Å². The molecule has 1 saturated heterocycles. The molecule has 9 heteroatoms. The Balaban J connectivity index is 1.43. The third-order valence-corrected chi connectivity index (χ3v) is 8.30. The van der Waals surface area contributed by atoms with Crippen molar-refractivity contribution in [1.82, 2.24) is 19.7 Å². The maximum Gasteiger partial charge on any atom is 0.269 e. The van der Waals surface area contributed by atoms with E-state index in [0.29, 0.717) is 18.5 Å². The summed E-state index contributed by atoms with van der Waals surface area (Å²) in [6, 6.07) is 13.1. The first-order valence-corrected chi connectivity index (χ1v) is 14.6. The average molecular weight is 546 g/mol. The van der Waals surface area contributed by atoms with E-state index in [2.05, 4.69) is 23.7 Å². The number of aromatic amines is 1. The predicted molar refractivity (Wildman–Crippen MR) is 155 cm³/mol. The summed E-state index contributed by atoms with van der Waals surface area (Å²) < 4.78 is 0.